The van der Waals surface area contributed by atoms with Crippen LogP contribution in [0.1, 0.15) is 0 Å². The van der Waals surface area contributed by atoms with Crippen molar-refractivity contribution in [1.82, 2.24) is 0 Å². The van der Waals surface area contributed by atoms with E-state index in [1.807, 2.05) is 30.7 Å². The monoisotopic (exact) mass is 223 g/mol. The zero-order valence-corrected chi connectivity index (χ0v) is 5.51. The van der Waals surface area contributed by atoms with E-state index < -0.39 is 0 Å². The molecule has 0 amide bonds. The standard InChI is InChI=1S/C5H5.Gd/c1-2-4-5-3-1;/h1-5H;. The Morgan fingerprint density at radius 3 is 1.33 bits per heavy atom. The quantitative estimate of drug-likeness (QED) is 0.580. The molecular weight excluding hydrogens is 217 g/mol. The molecule has 1 heteroatoms. The van der Waals surface area contributed by atoms with Gasteiger partial charge in [-0.1, -0.05) is 24.3 Å². The summed E-state index contributed by atoms with van der Waals surface area (Å²) in [5.41, 5.74) is 0. The Hall–Kier alpha value is 0.805. The number of rotatable bonds is 0. The first-order valence-electron chi connectivity index (χ1n) is 1.67. The molecule has 0 aliphatic heterocycles. The predicted octanol–water partition coefficient (Wildman–Crippen LogP) is 1.32. The van der Waals surface area contributed by atoms with E-state index in [0.717, 1.165) is 0 Å². The molecule has 0 unspecified atom stereocenters. The van der Waals surface area contributed by atoms with Crippen LogP contribution in [-0.4, -0.2) is 0 Å². The first kappa shape index (κ1) is 6.80. The summed E-state index contributed by atoms with van der Waals surface area (Å²) in [6, 6.07) is 0. The summed E-state index contributed by atoms with van der Waals surface area (Å²) in [7, 11) is 0. The smallest absolute Gasteiger partial charge is 0.00506 e. The van der Waals surface area contributed by atoms with Crippen LogP contribution in [-0.2, 0) is 0 Å². The molecule has 0 heterocycles. The van der Waals surface area contributed by atoms with Gasteiger partial charge in [-0.05, 0) is 0 Å². The Labute approximate surface area is 70.0 Å². The molecule has 0 N–H and O–H groups in total. The fourth-order valence-electron chi connectivity index (χ4n) is 0.321. The van der Waals surface area contributed by atoms with Gasteiger partial charge in [0.15, 0.2) is 0 Å². The number of hydrogen-bond donors (Lipinski definition) is 0. The molecule has 0 fully saturated rings. The number of hydrogen-bond acceptors (Lipinski definition) is 0. The van der Waals surface area contributed by atoms with Crippen molar-refractivity contribution in [2.45, 2.75) is 0 Å². The van der Waals surface area contributed by atoms with Gasteiger partial charge in [0.2, 0.25) is 0 Å². The van der Waals surface area contributed by atoms with Gasteiger partial charge in [0.1, 0.15) is 0 Å². The van der Waals surface area contributed by atoms with Gasteiger partial charge in [0, 0.05) is 46.4 Å². The van der Waals surface area contributed by atoms with Gasteiger partial charge in [0.25, 0.3) is 0 Å². The molecule has 6 heavy (non-hydrogen) atoms. The van der Waals surface area contributed by atoms with Crippen LogP contribution in [0.3, 0.4) is 0 Å². The van der Waals surface area contributed by atoms with E-state index in [0.29, 0.717) is 0 Å². The van der Waals surface area contributed by atoms with Gasteiger partial charge in [-0.25, -0.2) is 0 Å². The van der Waals surface area contributed by atoms with Crippen LogP contribution in [0.2, 0.25) is 0 Å². The van der Waals surface area contributed by atoms with E-state index in [1.54, 1.807) is 0 Å². The van der Waals surface area contributed by atoms with Crippen molar-refractivity contribution in [3.63, 3.8) is 0 Å². The molecule has 0 saturated heterocycles. The van der Waals surface area contributed by atoms with Crippen LogP contribution in [0.15, 0.2) is 24.3 Å². The zero-order chi connectivity index (χ0) is 3.54. The summed E-state index contributed by atoms with van der Waals surface area (Å²) in [5, 5.41) is 0. The Morgan fingerprint density at radius 1 is 0.667 bits per heavy atom. The maximum atomic E-state index is 2.00. The third-order valence-corrected chi connectivity index (χ3v) is 0.556. The average molecular weight is 222 g/mol. The third-order valence-electron chi connectivity index (χ3n) is 0.556. The second-order valence-electron chi connectivity index (χ2n) is 0.962. The fourth-order valence-corrected chi connectivity index (χ4v) is 0.321. The molecule has 0 aromatic carbocycles. The molecule has 1 aliphatic rings. The minimum absolute atomic E-state index is 0. The number of allylic oxidation sites excluding steroid dienone is 4. The largest absolute Gasteiger partial charge is 0.0767 e. The van der Waals surface area contributed by atoms with Crippen molar-refractivity contribution < 1.29 is 39.9 Å². The topological polar surface area (TPSA) is 0 Å². The first-order chi connectivity index (χ1) is 2.50. The minimum Gasteiger partial charge on any atom is -0.0767 e. The van der Waals surface area contributed by atoms with Crippen LogP contribution in [0.25, 0.3) is 0 Å². The van der Waals surface area contributed by atoms with E-state index >= 15 is 0 Å². The van der Waals surface area contributed by atoms with Crippen molar-refractivity contribution >= 4 is 0 Å². The molecule has 1 radical (unpaired) electrons. The van der Waals surface area contributed by atoms with Gasteiger partial charge < -0.3 is 0 Å². The molecule has 0 aromatic rings. The van der Waals surface area contributed by atoms with Crippen LogP contribution >= 0.6 is 0 Å². The first-order valence-corrected chi connectivity index (χ1v) is 1.67. The van der Waals surface area contributed by atoms with Crippen molar-refractivity contribution in [2.24, 2.45) is 0 Å². The average Bonchev–Trinajstić information content (AvgIpc) is 1.76. The zero-order valence-electron chi connectivity index (χ0n) is 3.24. The van der Waals surface area contributed by atoms with Crippen molar-refractivity contribution in [3.8, 4) is 0 Å². The Balaban J connectivity index is 0.000000250. The summed E-state index contributed by atoms with van der Waals surface area (Å²) in [6.07, 6.45) is 10.0. The van der Waals surface area contributed by atoms with Crippen LogP contribution < -0.4 is 0 Å². The van der Waals surface area contributed by atoms with Crippen molar-refractivity contribution in [3.05, 3.63) is 30.7 Å². The van der Waals surface area contributed by atoms with Gasteiger partial charge in [0.05, 0.1) is 0 Å². The molecular formula is C5H5Gd. The van der Waals surface area contributed by atoms with Gasteiger partial charge >= 0.3 is 0 Å². The minimum atomic E-state index is 0. The summed E-state index contributed by atoms with van der Waals surface area (Å²) in [6.45, 7) is 0. The van der Waals surface area contributed by atoms with Crippen LogP contribution in [0.5, 0.6) is 0 Å². The molecule has 1 rings (SSSR count). The molecule has 0 nitrogen and oxygen atoms in total. The maximum absolute atomic E-state index is 2.00. The third kappa shape index (κ3) is 2.06. The summed E-state index contributed by atoms with van der Waals surface area (Å²) in [4.78, 5) is 0. The summed E-state index contributed by atoms with van der Waals surface area (Å²) in [5.74, 6) is 0. The van der Waals surface area contributed by atoms with E-state index in [2.05, 4.69) is 0 Å². The van der Waals surface area contributed by atoms with Gasteiger partial charge in [-0.3, -0.25) is 0 Å². The molecule has 0 spiro atoms. The Kier molecular flexibility index (Phi) is 4.51. The van der Waals surface area contributed by atoms with Crippen molar-refractivity contribution in [1.29, 1.82) is 0 Å². The van der Waals surface area contributed by atoms with Crippen LogP contribution in [0, 0.1) is 46.4 Å². The Morgan fingerprint density at radius 2 is 1.17 bits per heavy atom. The van der Waals surface area contributed by atoms with E-state index in [4.69, 9.17) is 0 Å². The molecule has 0 aromatic heterocycles. The normalized spacial score (nSPS) is 14.7. The second-order valence-corrected chi connectivity index (χ2v) is 0.962. The molecule has 0 saturated carbocycles. The summed E-state index contributed by atoms with van der Waals surface area (Å²) >= 11 is 0. The van der Waals surface area contributed by atoms with Crippen LogP contribution in [0.4, 0.5) is 0 Å². The van der Waals surface area contributed by atoms with Crippen molar-refractivity contribution in [2.75, 3.05) is 0 Å². The van der Waals surface area contributed by atoms with E-state index in [1.165, 1.54) is 0 Å². The van der Waals surface area contributed by atoms with E-state index in [-0.39, 0.29) is 39.9 Å². The SMILES string of the molecule is [CH]1C=CC=C1.[Gd]. The fraction of sp³-hybridized carbons (Fsp3) is 0. The van der Waals surface area contributed by atoms with E-state index in [9.17, 15) is 0 Å². The predicted molar refractivity (Wildman–Crippen MR) is 22.6 cm³/mol. The summed E-state index contributed by atoms with van der Waals surface area (Å²) < 4.78 is 0. The molecule has 1 aliphatic carbocycles. The Bertz CT molecular complexity index is 62.0. The molecule has 0 atom stereocenters. The maximum Gasteiger partial charge on any atom is 0.00506 e. The van der Waals surface area contributed by atoms with Gasteiger partial charge in [-0.2, -0.15) is 0 Å². The molecule has 0 bridgehead atoms. The molecule has 33 valence electrons. The second kappa shape index (κ2) is 3.98. The van der Waals surface area contributed by atoms with Gasteiger partial charge in [-0.15, -0.1) is 0 Å².